The molecular weight excluding hydrogens is 268 g/mol. The fraction of sp³-hybridized carbons (Fsp3) is 0.222. The summed E-state index contributed by atoms with van der Waals surface area (Å²) in [6, 6.07) is 2.36. The maximum Gasteiger partial charge on any atom is 0.193 e. The van der Waals surface area contributed by atoms with Gasteiger partial charge in [0.25, 0.3) is 0 Å². The molecule has 0 atom stereocenters. The summed E-state index contributed by atoms with van der Waals surface area (Å²) in [7, 11) is 1.66. The molecule has 0 unspecified atom stereocenters. The molecule has 0 fully saturated rings. The lowest BCUT2D eigenvalue weighted by molar-refractivity contribution is 0.627. The van der Waals surface area contributed by atoms with Crippen molar-refractivity contribution in [3.8, 4) is 0 Å². The molecular formula is C9H8Cl2FN5. The minimum atomic E-state index is -0.483. The van der Waals surface area contributed by atoms with Crippen LogP contribution in [0.1, 0.15) is 5.82 Å². The van der Waals surface area contributed by atoms with Gasteiger partial charge in [0.05, 0.1) is 29.3 Å². The third-order valence-electron chi connectivity index (χ3n) is 1.98. The molecule has 0 saturated heterocycles. The first kappa shape index (κ1) is 12.1. The highest BCUT2D eigenvalue weighted by Crippen LogP contribution is 2.31. The van der Waals surface area contributed by atoms with Crippen LogP contribution >= 0.6 is 23.2 Å². The Balaban J connectivity index is 2.14. The van der Waals surface area contributed by atoms with Gasteiger partial charge in [-0.2, -0.15) is 4.80 Å². The van der Waals surface area contributed by atoms with E-state index in [1.54, 1.807) is 7.05 Å². The molecule has 0 aliphatic carbocycles. The summed E-state index contributed by atoms with van der Waals surface area (Å²) in [4.78, 5) is 1.34. The van der Waals surface area contributed by atoms with Crippen molar-refractivity contribution in [1.29, 1.82) is 0 Å². The van der Waals surface area contributed by atoms with Crippen molar-refractivity contribution in [2.24, 2.45) is 7.05 Å². The lowest BCUT2D eigenvalue weighted by Crippen LogP contribution is -2.03. The van der Waals surface area contributed by atoms with Crippen LogP contribution in [0, 0.1) is 5.82 Å². The number of rotatable bonds is 3. The Labute approximate surface area is 107 Å². The van der Waals surface area contributed by atoms with Crippen LogP contribution in [0.15, 0.2) is 12.1 Å². The van der Waals surface area contributed by atoms with Gasteiger partial charge in [-0.15, -0.1) is 10.2 Å². The van der Waals surface area contributed by atoms with Crippen LogP contribution in [-0.2, 0) is 13.6 Å². The number of hydrogen-bond acceptors (Lipinski definition) is 4. The Morgan fingerprint density at radius 1 is 1.35 bits per heavy atom. The summed E-state index contributed by atoms with van der Waals surface area (Å²) in [6.07, 6.45) is 0. The molecule has 1 aromatic carbocycles. The number of nitrogens with zero attached hydrogens (tertiary/aromatic N) is 4. The molecule has 90 valence electrons. The van der Waals surface area contributed by atoms with Gasteiger partial charge in [-0.05, 0) is 17.3 Å². The summed E-state index contributed by atoms with van der Waals surface area (Å²) in [5.41, 5.74) is 0.446. The van der Waals surface area contributed by atoms with Gasteiger partial charge in [-0.3, -0.25) is 0 Å². The highest BCUT2D eigenvalue weighted by atomic mass is 35.5. The summed E-state index contributed by atoms with van der Waals surface area (Å²) >= 11 is 11.7. The van der Waals surface area contributed by atoms with Gasteiger partial charge in [0.15, 0.2) is 5.82 Å². The van der Waals surface area contributed by atoms with Crippen LogP contribution in [0.25, 0.3) is 0 Å². The molecule has 0 aliphatic heterocycles. The molecule has 0 amide bonds. The van der Waals surface area contributed by atoms with Gasteiger partial charge in [-0.1, -0.05) is 23.2 Å². The van der Waals surface area contributed by atoms with E-state index in [2.05, 4.69) is 20.7 Å². The van der Waals surface area contributed by atoms with Crippen molar-refractivity contribution in [3.05, 3.63) is 33.8 Å². The molecule has 0 saturated carbocycles. The number of anilines is 1. The van der Waals surface area contributed by atoms with Gasteiger partial charge in [0.1, 0.15) is 5.82 Å². The zero-order chi connectivity index (χ0) is 12.4. The van der Waals surface area contributed by atoms with E-state index in [9.17, 15) is 4.39 Å². The number of hydrogen-bond donors (Lipinski definition) is 1. The Morgan fingerprint density at radius 3 is 2.53 bits per heavy atom. The first-order chi connectivity index (χ1) is 8.06. The lowest BCUT2D eigenvalue weighted by atomic mass is 10.3. The van der Waals surface area contributed by atoms with Crippen LogP contribution in [0.4, 0.5) is 10.1 Å². The minimum Gasteiger partial charge on any atom is -0.375 e. The van der Waals surface area contributed by atoms with Gasteiger partial charge >= 0.3 is 0 Å². The number of halogens is 3. The number of aryl methyl sites for hydroxylation is 1. The van der Waals surface area contributed by atoms with E-state index >= 15 is 0 Å². The van der Waals surface area contributed by atoms with Crippen molar-refractivity contribution in [1.82, 2.24) is 20.2 Å². The molecule has 1 N–H and O–H groups in total. The summed E-state index contributed by atoms with van der Waals surface area (Å²) in [6.45, 7) is 0.304. The Kier molecular flexibility index (Phi) is 3.44. The van der Waals surface area contributed by atoms with Crippen molar-refractivity contribution in [3.63, 3.8) is 0 Å². The molecule has 2 rings (SSSR count). The molecule has 17 heavy (non-hydrogen) atoms. The third kappa shape index (κ3) is 2.83. The number of nitrogens with one attached hydrogen (secondary N) is 1. The fourth-order valence-corrected chi connectivity index (χ4v) is 1.87. The maximum absolute atomic E-state index is 12.9. The second-order valence-electron chi connectivity index (χ2n) is 3.29. The largest absolute Gasteiger partial charge is 0.375 e. The quantitative estimate of drug-likeness (QED) is 0.934. The predicted molar refractivity (Wildman–Crippen MR) is 62.5 cm³/mol. The van der Waals surface area contributed by atoms with Gasteiger partial charge in [0.2, 0.25) is 0 Å². The van der Waals surface area contributed by atoms with Crippen LogP contribution in [0.5, 0.6) is 0 Å². The zero-order valence-electron chi connectivity index (χ0n) is 8.78. The molecule has 1 aromatic heterocycles. The van der Waals surface area contributed by atoms with Crippen LogP contribution < -0.4 is 5.32 Å². The van der Waals surface area contributed by atoms with E-state index in [1.165, 1.54) is 16.9 Å². The van der Waals surface area contributed by atoms with Crippen LogP contribution in [-0.4, -0.2) is 20.2 Å². The van der Waals surface area contributed by atoms with Crippen molar-refractivity contribution in [2.75, 3.05) is 5.32 Å². The number of tetrazole rings is 1. The topological polar surface area (TPSA) is 55.6 Å². The van der Waals surface area contributed by atoms with Gasteiger partial charge in [0, 0.05) is 0 Å². The zero-order valence-corrected chi connectivity index (χ0v) is 10.3. The van der Waals surface area contributed by atoms with E-state index < -0.39 is 5.82 Å². The second kappa shape index (κ2) is 4.85. The van der Waals surface area contributed by atoms with E-state index in [0.29, 0.717) is 18.1 Å². The van der Waals surface area contributed by atoms with E-state index in [4.69, 9.17) is 23.2 Å². The smallest absolute Gasteiger partial charge is 0.193 e. The first-order valence-electron chi connectivity index (χ1n) is 4.67. The Hall–Kier alpha value is -1.40. The summed E-state index contributed by atoms with van der Waals surface area (Å²) < 4.78 is 12.9. The van der Waals surface area contributed by atoms with Crippen molar-refractivity contribution < 1.29 is 4.39 Å². The lowest BCUT2D eigenvalue weighted by Gasteiger charge is -2.08. The predicted octanol–water partition coefficient (Wildman–Crippen LogP) is 2.27. The normalized spacial score (nSPS) is 10.6. The fourth-order valence-electron chi connectivity index (χ4n) is 1.27. The van der Waals surface area contributed by atoms with E-state index in [-0.39, 0.29) is 10.0 Å². The van der Waals surface area contributed by atoms with Crippen molar-refractivity contribution >= 4 is 28.9 Å². The Morgan fingerprint density at radius 2 is 2.00 bits per heavy atom. The molecule has 2 aromatic rings. The standard InChI is InChI=1S/C9H8Cl2FN5/c1-17-15-8(14-16-17)4-13-9-6(10)2-5(12)3-7(9)11/h2-3,13H,4H2,1H3. The highest BCUT2D eigenvalue weighted by Gasteiger charge is 2.09. The van der Waals surface area contributed by atoms with Crippen molar-refractivity contribution in [2.45, 2.75) is 6.54 Å². The molecule has 0 bridgehead atoms. The molecule has 5 nitrogen and oxygen atoms in total. The average molecular weight is 276 g/mol. The first-order valence-corrected chi connectivity index (χ1v) is 5.43. The summed E-state index contributed by atoms with van der Waals surface area (Å²) in [5, 5.41) is 14.8. The second-order valence-corrected chi connectivity index (χ2v) is 4.11. The molecule has 0 radical (unpaired) electrons. The Bertz CT molecular complexity index is 519. The SMILES string of the molecule is Cn1nnc(CNc2c(Cl)cc(F)cc2Cl)n1. The number of aromatic nitrogens is 4. The van der Waals surface area contributed by atoms with E-state index in [0.717, 1.165) is 0 Å². The van der Waals surface area contributed by atoms with Gasteiger partial charge in [-0.25, -0.2) is 4.39 Å². The highest BCUT2D eigenvalue weighted by molar-refractivity contribution is 6.39. The molecule has 1 heterocycles. The molecule has 0 spiro atoms. The third-order valence-corrected chi connectivity index (χ3v) is 2.58. The average Bonchev–Trinajstić information content (AvgIpc) is 2.62. The molecule has 8 heteroatoms. The molecule has 0 aliphatic rings. The maximum atomic E-state index is 12.9. The van der Waals surface area contributed by atoms with Crippen LogP contribution in [0.3, 0.4) is 0 Å². The monoisotopic (exact) mass is 275 g/mol. The van der Waals surface area contributed by atoms with E-state index in [1.807, 2.05) is 0 Å². The number of benzene rings is 1. The minimum absolute atomic E-state index is 0.207. The summed E-state index contributed by atoms with van der Waals surface area (Å²) in [5.74, 6) is 0.00661. The van der Waals surface area contributed by atoms with Crippen LogP contribution in [0.2, 0.25) is 10.0 Å². The van der Waals surface area contributed by atoms with Gasteiger partial charge < -0.3 is 5.32 Å².